The third kappa shape index (κ3) is 4.50. The Labute approximate surface area is 144 Å². The van der Waals surface area contributed by atoms with E-state index in [0.717, 1.165) is 0 Å². The van der Waals surface area contributed by atoms with Gasteiger partial charge in [-0.05, 0) is 30.2 Å². The minimum atomic E-state index is -3.65. The van der Waals surface area contributed by atoms with Crippen LogP contribution in [0.25, 0.3) is 11.1 Å². The lowest BCUT2D eigenvalue weighted by Crippen LogP contribution is -2.10. The number of amides is 1. The summed E-state index contributed by atoms with van der Waals surface area (Å²) in [5.41, 5.74) is 1.16. The molecule has 0 radical (unpaired) electrons. The maximum absolute atomic E-state index is 12.3. The molecule has 0 aliphatic carbocycles. The van der Waals surface area contributed by atoms with Crippen molar-refractivity contribution in [2.75, 3.05) is 17.7 Å². The molecular weight excluding hydrogens is 354 g/mol. The van der Waals surface area contributed by atoms with Crippen molar-refractivity contribution in [1.29, 1.82) is 0 Å². The van der Waals surface area contributed by atoms with Crippen LogP contribution in [0.2, 0.25) is 5.15 Å². The summed E-state index contributed by atoms with van der Waals surface area (Å²) in [5.74, 6) is -0.136. The predicted octanol–water partition coefficient (Wildman–Crippen LogP) is 1.91. The highest BCUT2D eigenvalue weighted by atomic mass is 35.5. The summed E-state index contributed by atoms with van der Waals surface area (Å²) in [7, 11) is -3.65. The topological polar surface area (TPSA) is 109 Å². The average molecular weight is 370 g/mol. The van der Waals surface area contributed by atoms with E-state index in [1.807, 2.05) is 0 Å². The lowest BCUT2D eigenvalue weighted by Gasteiger charge is -2.09. The molecule has 2 N–H and O–H groups in total. The van der Waals surface area contributed by atoms with Crippen LogP contribution in [0.4, 0.5) is 5.82 Å². The monoisotopic (exact) mass is 369 g/mol. The molecule has 0 unspecified atom stereocenters. The third-order valence-corrected chi connectivity index (χ3v) is 5.33. The van der Waals surface area contributed by atoms with Crippen molar-refractivity contribution in [3.63, 3.8) is 0 Å². The normalized spacial score (nSPS) is 11.3. The highest BCUT2D eigenvalue weighted by Crippen LogP contribution is 2.28. The van der Waals surface area contributed by atoms with E-state index in [4.69, 9.17) is 16.7 Å². The summed E-state index contributed by atoms with van der Waals surface area (Å²) < 4.78 is 24.6. The van der Waals surface area contributed by atoms with Gasteiger partial charge in [0.25, 0.3) is 0 Å². The van der Waals surface area contributed by atoms with Crippen LogP contribution >= 0.6 is 11.6 Å². The number of aromatic nitrogens is 2. The SMILES string of the molecule is CC(=O)Nc1cc(-c2cnc(Cl)c(S(=O)(=O)CCCO)c2)ccn1. The van der Waals surface area contributed by atoms with E-state index in [0.29, 0.717) is 16.9 Å². The molecule has 0 aliphatic rings. The maximum Gasteiger partial charge on any atom is 0.222 e. The summed E-state index contributed by atoms with van der Waals surface area (Å²) in [6.07, 6.45) is 3.06. The number of nitrogens with one attached hydrogen (secondary N) is 1. The molecule has 2 aromatic rings. The maximum atomic E-state index is 12.3. The number of hydrogen-bond acceptors (Lipinski definition) is 6. The Hall–Kier alpha value is -2.03. The fraction of sp³-hybridized carbons (Fsp3) is 0.267. The minimum Gasteiger partial charge on any atom is -0.396 e. The van der Waals surface area contributed by atoms with Crippen molar-refractivity contribution < 1.29 is 18.3 Å². The van der Waals surface area contributed by atoms with E-state index in [2.05, 4.69) is 15.3 Å². The van der Waals surface area contributed by atoms with Crippen LogP contribution in [0.3, 0.4) is 0 Å². The van der Waals surface area contributed by atoms with Gasteiger partial charge >= 0.3 is 0 Å². The molecule has 24 heavy (non-hydrogen) atoms. The first-order chi connectivity index (χ1) is 11.3. The molecule has 0 spiro atoms. The van der Waals surface area contributed by atoms with E-state index in [-0.39, 0.29) is 34.7 Å². The van der Waals surface area contributed by atoms with Crippen LogP contribution in [0.1, 0.15) is 13.3 Å². The quantitative estimate of drug-likeness (QED) is 0.753. The summed E-state index contributed by atoms with van der Waals surface area (Å²) in [6, 6.07) is 4.70. The van der Waals surface area contributed by atoms with Gasteiger partial charge in [0, 0.05) is 31.5 Å². The van der Waals surface area contributed by atoms with Crippen molar-refractivity contribution in [2.45, 2.75) is 18.2 Å². The second-order valence-electron chi connectivity index (χ2n) is 5.02. The smallest absolute Gasteiger partial charge is 0.222 e. The number of carbonyl (C=O) groups excluding carboxylic acids is 1. The summed E-state index contributed by atoms with van der Waals surface area (Å²) in [5, 5.41) is 11.3. The highest BCUT2D eigenvalue weighted by molar-refractivity contribution is 7.91. The van der Waals surface area contributed by atoms with Gasteiger partial charge in [-0.2, -0.15) is 0 Å². The molecule has 0 atom stereocenters. The molecular formula is C15H16ClN3O4S. The predicted molar refractivity (Wildman–Crippen MR) is 90.5 cm³/mol. The molecule has 7 nitrogen and oxygen atoms in total. The van der Waals surface area contributed by atoms with Crippen LogP contribution in [-0.2, 0) is 14.6 Å². The van der Waals surface area contributed by atoms with Crippen molar-refractivity contribution in [3.8, 4) is 11.1 Å². The average Bonchev–Trinajstić information content (AvgIpc) is 2.53. The van der Waals surface area contributed by atoms with Crippen LogP contribution in [0.15, 0.2) is 35.5 Å². The Bertz CT molecular complexity index is 856. The van der Waals surface area contributed by atoms with Gasteiger partial charge in [-0.1, -0.05) is 11.6 Å². The summed E-state index contributed by atoms with van der Waals surface area (Å²) >= 11 is 5.93. The first-order valence-electron chi connectivity index (χ1n) is 7.06. The van der Waals surface area contributed by atoms with Crippen molar-refractivity contribution in [2.24, 2.45) is 0 Å². The third-order valence-electron chi connectivity index (χ3n) is 3.11. The first-order valence-corrected chi connectivity index (χ1v) is 9.09. The number of aliphatic hydroxyl groups is 1. The van der Waals surface area contributed by atoms with Gasteiger partial charge < -0.3 is 10.4 Å². The second kappa shape index (κ2) is 7.69. The number of carbonyl (C=O) groups is 1. The minimum absolute atomic E-state index is 0.0898. The molecule has 2 heterocycles. The number of nitrogens with zero attached hydrogens (tertiary/aromatic N) is 2. The second-order valence-corrected chi connectivity index (χ2v) is 7.46. The first kappa shape index (κ1) is 18.3. The molecule has 0 saturated carbocycles. The number of sulfone groups is 1. The molecule has 0 aliphatic heterocycles. The molecule has 128 valence electrons. The number of anilines is 1. The molecule has 0 bridgehead atoms. The Morgan fingerprint density at radius 1 is 1.29 bits per heavy atom. The van der Waals surface area contributed by atoms with Crippen LogP contribution in [0, 0.1) is 0 Å². The van der Waals surface area contributed by atoms with E-state index in [1.165, 1.54) is 25.4 Å². The van der Waals surface area contributed by atoms with Gasteiger partial charge in [-0.3, -0.25) is 4.79 Å². The zero-order valence-corrected chi connectivity index (χ0v) is 14.4. The largest absolute Gasteiger partial charge is 0.396 e. The fourth-order valence-electron chi connectivity index (χ4n) is 2.03. The van der Waals surface area contributed by atoms with E-state index in [1.54, 1.807) is 12.1 Å². The molecule has 0 saturated heterocycles. The van der Waals surface area contributed by atoms with E-state index in [9.17, 15) is 13.2 Å². The van der Waals surface area contributed by atoms with Crippen LogP contribution < -0.4 is 5.32 Å². The van der Waals surface area contributed by atoms with Crippen molar-refractivity contribution in [3.05, 3.63) is 35.7 Å². The number of aliphatic hydroxyl groups excluding tert-OH is 1. The Morgan fingerprint density at radius 2 is 2.04 bits per heavy atom. The van der Waals surface area contributed by atoms with Gasteiger partial charge in [0.1, 0.15) is 15.9 Å². The standard InChI is InChI=1S/C15H16ClN3O4S/c1-10(21)19-14-8-11(3-4-17-14)12-7-13(15(16)18-9-12)24(22,23)6-2-5-20/h3-4,7-9,20H,2,5-6H2,1H3,(H,17,19,21). The Kier molecular flexibility index (Phi) is 5.87. The number of hydrogen-bond donors (Lipinski definition) is 2. The fourth-order valence-corrected chi connectivity index (χ4v) is 3.83. The summed E-state index contributed by atoms with van der Waals surface area (Å²) in [4.78, 5) is 19.0. The van der Waals surface area contributed by atoms with Gasteiger partial charge in [0.2, 0.25) is 5.91 Å². The zero-order valence-electron chi connectivity index (χ0n) is 12.9. The molecule has 0 fully saturated rings. The van der Waals surface area contributed by atoms with E-state index < -0.39 is 9.84 Å². The Balaban J connectivity index is 2.43. The molecule has 1 amide bonds. The van der Waals surface area contributed by atoms with Gasteiger partial charge in [-0.15, -0.1) is 0 Å². The van der Waals surface area contributed by atoms with Gasteiger partial charge in [0.15, 0.2) is 9.84 Å². The van der Waals surface area contributed by atoms with Crippen LogP contribution in [0.5, 0.6) is 0 Å². The molecule has 0 aromatic carbocycles. The highest BCUT2D eigenvalue weighted by Gasteiger charge is 2.20. The summed E-state index contributed by atoms with van der Waals surface area (Å²) in [6.45, 7) is 1.14. The molecule has 2 rings (SSSR count). The van der Waals surface area contributed by atoms with Gasteiger partial charge in [-0.25, -0.2) is 18.4 Å². The Morgan fingerprint density at radius 3 is 2.71 bits per heavy atom. The van der Waals surface area contributed by atoms with Crippen LogP contribution in [-0.4, -0.2) is 41.8 Å². The number of halogens is 1. The number of pyridine rings is 2. The van der Waals surface area contributed by atoms with Crippen molar-refractivity contribution in [1.82, 2.24) is 9.97 Å². The molecule has 2 aromatic heterocycles. The van der Waals surface area contributed by atoms with E-state index >= 15 is 0 Å². The van der Waals surface area contributed by atoms with Gasteiger partial charge in [0.05, 0.1) is 5.75 Å². The lowest BCUT2D eigenvalue weighted by molar-refractivity contribution is -0.114. The van der Waals surface area contributed by atoms with Crippen molar-refractivity contribution >= 4 is 33.2 Å². The molecule has 9 heteroatoms. The zero-order chi connectivity index (χ0) is 17.7. The number of rotatable bonds is 6. The lowest BCUT2D eigenvalue weighted by atomic mass is 10.1.